The summed E-state index contributed by atoms with van der Waals surface area (Å²) in [5.41, 5.74) is 1.13. The fourth-order valence-corrected chi connectivity index (χ4v) is 1.66. The summed E-state index contributed by atoms with van der Waals surface area (Å²) < 4.78 is 0. The Morgan fingerprint density at radius 3 is 2.44 bits per heavy atom. The molecule has 0 spiro atoms. The average molecular weight is 250 g/mol. The van der Waals surface area contributed by atoms with Crippen molar-refractivity contribution < 1.29 is 0 Å². The molecule has 0 bridgehead atoms. The standard InChI is InChI=1S/C14H26N4/c1-5-6-7-8-18(4)14-16-10-13(11-17-14)9-15-12(2)3/h10-12,15H,5-9H2,1-4H3. The van der Waals surface area contributed by atoms with Gasteiger partial charge in [0.1, 0.15) is 0 Å². The molecule has 1 N–H and O–H groups in total. The first-order valence-electron chi connectivity index (χ1n) is 6.89. The van der Waals surface area contributed by atoms with Crippen LogP contribution in [0.2, 0.25) is 0 Å². The number of hydrogen-bond donors (Lipinski definition) is 1. The molecular formula is C14H26N4. The summed E-state index contributed by atoms with van der Waals surface area (Å²) in [6.07, 6.45) is 7.53. The van der Waals surface area contributed by atoms with Crippen LogP contribution in [0.1, 0.15) is 45.6 Å². The highest BCUT2D eigenvalue weighted by molar-refractivity contribution is 5.28. The van der Waals surface area contributed by atoms with Crippen molar-refractivity contribution >= 4 is 5.95 Å². The molecule has 18 heavy (non-hydrogen) atoms. The average Bonchev–Trinajstić information content (AvgIpc) is 2.37. The summed E-state index contributed by atoms with van der Waals surface area (Å²) in [7, 11) is 2.05. The van der Waals surface area contributed by atoms with Crippen molar-refractivity contribution in [1.29, 1.82) is 0 Å². The minimum Gasteiger partial charge on any atom is -0.344 e. The van der Waals surface area contributed by atoms with Crippen LogP contribution >= 0.6 is 0 Å². The molecule has 0 aliphatic rings. The van der Waals surface area contributed by atoms with Crippen LogP contribution in [0.3, 0.4) is 0 Å². The van der Waals surface area contributed by atoms with Gasteiger partial charge in [0.15, 0.2) is 0 Å². The number of rotatable bonds is 8. The van der Waals surface area contributed by atoms with Gasteiger partial charge in [0.25, 0.3) is 0 Å². The van der Waals surface area contributed by atoms with E-state index in [9.17, 15) is 0 Å². The Kier molecular flexibility index (Phi) is 6.65. The van der Waals surface area contributed by atoms with E-state index in [-0.39, 0.29) is 0 Å². The molecule has 0 atom stereocenters. The zero-order valence-corrected chi connectivity index (χ0v) is 12.1. The van der Waals surface area contributed by atoms with Crippen LogP contribution in [0.25, 0.3) is 0 Å². The number of unbranched alkanes of at least 4 members (excludes halogenated alkanes) is 2. The Hall–Kier alpha value is -1.16. The van der Waals surface area contributed by atoms with Crippen molar-refractivity contribution in [3.8, 4) is 0 Å². The molecule has 1 aromatic rings. The van der Waals surface area contributed by atoms with Gasteiger partial charge in [0.2, 0.25) is 5.95 Å². The van der Waals surface area contributed by atoms with Crippen LogP contribution in [-0.2, 0) is 6.54 Å². The molecule has 1 rings (SSSR count). The third-order valence-electron chi connectivity index (χ3n) is 2.84. The molecular weight excluding hydrogens is 224 g/mol. The molecule has 0 saturated carbocycles. The Labute approximate surface area is 111 Å². The summed E-state index contributed by atoms with van der Waals surface area (Å²) >= 11 is 0. The van der Waals surface area contributed by atoms with Crippen molar-refractivity contribution in [1.82, 2.24) is 15.3 Å². The van der Waals surface area contributed by atoms with Gasteiger partial charge >= 0.3 is 0 Å². The van der Waals surface area contributed by atoms with Crippen LogP contribution in [0, 0.1) is 0 Å². The zero-order valence-electron chi connectivity index (χ0n) is 12.1. The lowest BCUT2D eigenvalue weighted by Gasteiger charge is -2.16. The van der Waals surface area contributed by atoms with Gasteiger partial charge in [-0.05, 0) is 6.42 Å². The molecule has 0 fully saturated rings. The fraction of sp³-hybridized carbons (Fsp3) is 0.714. The Morgan fingerprint density at radius 1 is 1.22 bits per heavy atom. The number of anilines is 1. The predicted octanol–water partition coefficient (Wildman–Crippen LogP) is 2.60. The highest BCUT2D eigenvalue weighted by atomic mass is 15.2. The first-order valence-corrected chi connectivity index (χ1v) is 6.89. The minimum atomic E-state index is 0.487. The third-order valence-corrected chi connectivity index (χ3v) is 2.84. The van der Waals surface area contributed by atoms with Crippen LogP contribution < -0.4 is 10.2 Å². The van der Waals surface area contributed by atoms with E-state index in [1.165, 1.54) is 19.3 Å². The normalized spacial score (nSPS) is 10.9. The van der Waals surface area contributed by atoms with E-state index in [0.717, 1.165) is 24.6 Å². The van der Waals surface area contributed by atoms with E-state index in [0.29, 0.717) is 6.04 Å². The van der Waals surface area contributed by atoms with Gasteiger partial charge < -0.3 is 10.2 Å². The highest BCUT2D eigenvalue weighted by Gasteiger charge is 2.04. The molecule has 0 unspecified atom stereocenters. The maximum absolute atomic E-state index is 4.41. The lowest BCUT2D eigenvalue weighted by molar-refractivity contribution is 0.586. The summed E-state index contributed by atoms with van der Waals surface area (Å²) in [5.74, 6) is 0.819. The second-order valence-electron chi connectivity index (χ2n) is 5.06. The van der Waals surface area contributed by atoms with Crippen molar-refractivity contribution in [3.63, 3.8) is 0 Å². The smallest absolute Gasteiger partial charge is 0.224 e. The van der Waals surface area contributed by atoms with Gasteiger partial charge in [0.05, 0.1) is 0 Å². The molecule has 0 amide bonds. The molecule has 4 nitrogen and oxygen atoms in total. The van der Waals surface area contributed by atoms with E-state index in [1.54, 1.807) is 0 Å². The molecule has 0 aromatic carbocycles. The Balaban J connectivity index is 2.43. The number of nitrogens with one attached hydrogen (secondary N) is 1. The maximum atomic E-state index is 4.41. The van der Waals surface area contributed by atoms with Crippen LogP contribution in [0.4, 0.5) is 5.95 Å². The highest BCUT2D eigenvalue weighted by Crippen LogP contribution is 2.07. The summed E-state index contributed by atoms with van der Waals surface area (Å²) in [6.45, 7) is 8.34. The molecule has 0 aliphatic heterocycles. The summed E-state index contributed by atoms with van der Waals surface area (Å²) in [4.78, 5) is 10.9. The van der Waals surface area contributed by atoms with Crippen molar-refractivity contribution in [2.75, 3.05) is 18.5 Å². The zero-order chi connectivity index (χ0) is 13.4. The first-order chi connectivity index (χ1) is 8.63. The van der Waals surface area contributed by atoms with Crippen LogP contribution in [-0.4, -0.2) is 29.6 Å². The van der Waals surface area contributed by atoms with Crippen LogP contribution in [0.15, 0.2) is 12.4 Å². The van der Waals surface area contributed by atoms with Gasteiger partial charge in [-0.25, -0.2) is 9.97 Å². The minimum absolute atomic E-state index is 0.487. The molecule has 1 heterocycles. The number of nitrogens with zero attached hydrogens (tertiary/aromatic N) is 3. The molecule has 0 aliphatic carbocycles. The third kappa shape index (κ3) is 5.45. The molecule has 0 radical (unpaired) electrons. The maximum Gasteiger partial charge on any atom is 0.224 e. The number of hydrogen-bond acceptors (Lipinski definition) is 4. The molecule has 1 aromatic heterocycles. The summed E-state index contributed by atoms with van der Waals surface area (Å²) in [5, 5.41) is 3.36. The second-order valence-corrected chi connectivity index (χ2v) is 5.06. The SMILES string of the molecule is CCCCCN(C)c1ncc(CNC(C)C)cn1. The largest absolute Gasteiger partial charge is 0.344 e. The first kappa shape index (κ1) is 14.9. The lowest BCUT2D eigenvalue weighted by atomic mass is 10.2. The van der Waals surface area contributed by atoms with Gasteiger partial charge in [-0.15, -0.1) is 0 Å². The molecule has 102 valence electrons. The van der Waals surface area contributed by atoms with Crippen molar-refractivity contribution in [2.45, 2.75) is 52.6 Å². The topological polar surface area (TPSA) is 41.1 Å². The van der Waals surface area contributed by atoms with Crippen LogP contribution in [0.5, 0.6) is 0 Å². The van der Waals surface area contributed by atoms with Gasteiger partial charge in [-0.1, -0.05) is 33.6 Å². The van der Waals surface area contributed by atoms with E-state index in [4.69, 9.17) is 0 Å². The lowest BCUT2D eigenvalue weighted by Crippen LogP contribution is -2.23. The van der Waals surface area contributed by atoms with E-state index in [1.807, 2.05) is 12.4 Å². The monoisotopic (exact) mass is 250 g/mol. The van der Waals surface area contributed by atoms with Crippen molar-refractivity contribution in [3.05, 3.63) is 18.0 Å². The Morgan fingerprint density at radius 2 is 1.89 bits per heavy atom. The number of aromatic nitrogens is 2. The second kappa shape index (κ2) is 8.03. The van der Waals surface area contributed by atoms with E-state index >= 15 is 0 Å². The van der Waals surface area contributed by atoms with Gasteiger partial charge in [0, 0.05) is 44.1 Å². The molecule has 4 heteroatoms. The van der Waals surface area contributed by atoms with E-state index in [2.05, 4.69) is 48.0 Å². The van der Waals surface area contributed by atoms with Gasteiger partial charge in [-0.2, -0.15) is 0 Å². The van der Waals surface area contributed by atoms with Gasteiger partial charge in [-0.3, -0.25) is 0 Å². The fourth-order valence-electron chi connectivity index (χ4n) is 1.66. The van der Waals surface area contributed by atoms with Crippen molar-refractivity contribution in [2.24, 2.45) is 0 Å². The quantitative estimate of drug-likeness (QED) is 0.720. The predicted molar refractivity (Wildman–Crippen MR) is 76.8 cm³/mol. The molecule has 0 saturated heterocycles. The Bertz CT molecular complexity index is 321. The van der Waals surface area contributed by atoms with E-state index < -0.39 is 0 Å². The summed E-state index contributed by atoms with van der Waals surface area (Å²) in [6, 6.07) is 0.487.